The highest BCUT2D eigenvalue weighted by molar-refractivity contribution is 6.30. The number of benzene rings is 1. The Labute approximate surface area is 182 Å². The molecule has 29 heavy (non-hydrogen) atoms. The standard InChI is InChI=1S/C22H27Cl2N3O2/c23-16-3-1-15(2-4-16)14-27-9-7-18(8-10-27)26-22(28)12-19-13-25-20-11-17(24)5-6-21(20)29-19/h1-4,6,11,17-19,25H,5,7-10,12-14H2,(H,26,28). The zero-order chi connectivity index (χ0) is 20.2. The van der Waals surface area contributed by atoms with Crippen molar-refractivity contribution < 1.29 is 9.53 Å². The maximum atomic E-state index is 12.5. The summed E-state index contributed by atoms with van der Waals surface area (Å²) in [5, 5.41) is 7.30. The Morgan fingerprint density at radius 3 is 2.76 bits per heavy atom. The third-order valence-corrected chi connectivity index (χ3v) is 6.20. The van der Waals surface area contributed by atoms with Gasteiger partial charge in [0.1, 0.15) is 11.9 Å². The number of hydrogen-bond donors (Lipinski definition) is 2. The van der Waals surface area contributed by atoms with E-state index in [0.29, 0.717) is 13.0 Å². The zero-order valence-electron chi connectivity index (χ0n) is 16.4. The lowest BCUT2D eigenvalue weighted by Crippen LogP contribution is -2.46. The first-order chi connectivity index (χ1) is 14.0. The predicted molar refractivity (Wildman–Crippen MR) is 116 cm³/mol. The minimum Gasteiger partial charge on any atom is -0.486 e. The van der Waals surface area contributed by atoms with E-state index in [2.05, 4.69) is 27.7 Å². The van der Waals surface area contributed by atoms with E-state index in [-0.39, 0.29) is 23.4 Å². The molecule has 1 aliphatic carbocycles. The molecule has 156 valence electrons. The molecule has 0 spiro atoms. The molecule has 2 fully saturated rings. The van der Waals surface area contributed by atoms with Crippen LogP contribution in [0.25, 0.3) is 0 Å². The molecule has 4 rings (SSSR count). The number of allylic oxidation sites excluding steroid dienone is 2. The maximum absolute atomic E-state index is 12.5. The molecular formula is C22H27Cl2N3O2. The number of halogens is 2. The first-order valence-electron chi connectivity index (χ1n) is 10.3. The zero-order valence-corrected chi connectivity index (χ0v) is 17.9. The molecule has 0 saturated carbocycles. The van der Waals surface area contributed by atoms with Crippen LogP contribution in [0.5, 0.6) is 0 Å². The number of amides is 1. The van der Waals surface area contributed by atoms with Gasteiger partial charge in [-0.15, -0.1) is 11.6 Å². The van der Waals surface area contributed by atoms with Crippen molar-refractivity contribution in [2.75, 3.05) is 19.6 Å². The van der Waals surface area contributed by atoms with Crippen molar-refractivity contribution in [1.82, 2.24) is 15.5 Å². The Bertz CT molecular complexity index is 786. The second kappa shape index (κ2) is 9.41. The molecule has 2 aliphatic heterocycles. The van der Waals surface area contributed by atoms with Gasteiger partial charge in [-0.3, -0.25) is 9.69 Å². The molecule has 2 unspecified atom stereocenters. The fraction of sp³-hybridized carbons (Fsp3) is 0.500. The molecule has 3 aliphatic rings. The lowest BCUT2D eigenvalue weighted by molar-refractivity contribution is -0.124. The summed E-state index contributed by atoms with van der Waals surface area (Å²) < 4.78 is 5.98. The monoisotopic (exact) mass is 435 g/mol. The van der Waals surface area contributed by atoms with Crippen LogP contribution in [0.15, 0.2) is 47.9 Å². The molecule has 7 heteroatoms. The van der Waals surface area contributed by atoms with E-state index < -0.39 is 0 Å². The second-order valence-electron chi connectivity index (χ2n) is 7.97. The lowest BCUT2D eigenvalue weighted by Gasteiger charge is -2.34. The van der Waals surface area contributed by atoms with Gasteiger partial charge in [0.2, 0.25) is 5.91 Å². The van der Waals surface area contributed by atoms with Crippen LogP contribution < -0.4 is 10.6 Å². The quantitative estimate of drug-likeness (QED) is 0.693. The van der Waals surface area contributed by atoms with Crippen LogP contribution in [-0.2, 0) is 16.1 Å². The van der Waals surface area contributed by atoms with E-state index in [1.807, 2.05) is 24.3 Å². The number of rotatable bonds is 5. The first-order valence-corrected chi connectivity index (χ1v) is 11.1. The Hall–Kier alpha value is -1.69. The molecule has 5 nitrogen and oxygen atoms in total. The molecule has 0 radical (unpaired) electrons. The van der Waals surface area contributed by atoms with Gasteiger partial charge in [0.15, 0.2) is 0 Å². The summed E-state index contributed by atoms with van der Waals surface area (Å²) in [7, 11) is 0. The minimum absolute atomic E-state index is 0.00950. The number of hydrogen-bond acceptors (Lipinski definition) is 4. The first kappa shape index (κ1) is 20.6. The number of fused-ring (bicyclic) bond motifs is 1. The summed E-state index contributed by atoms with van der Waals surface area (Å²) in [6.45, 7) is 3.51. The third kappa shape index (κ3) is 5.68. The number of piperidine rings is 1. The van der Waals surface area contributed by atoms with Gasteiger partial charge in [-0.05, 0) is 49.1 Å². The summed E-state index contributed by atoms with van der Waals surface area (Å²) in [6, 6.07) is 8.25. The molecule has 0 bridgehead atoms. The molecule has 2 atom stereocenters. The van der Waals surface area contributed by atoms with Crippen molar-refractivity contribution in [3.05, 3.63) is 58.5 Å². The van der Waals surface area contributed by atoms with Gasteiger partial charge in [0.25, 0.3) is 0 Å². The van der Waals surface area contributed by atoms with E-state index in [0.717, 1.165) is 55.4 Å². The highest BCUT2D eigenvalue weighted by Gasteiger charge is 2.27. The fourth-order valence-electron chi connectivity index (χ4n) is 4.05. The van der Waals surface area contributed by atoms with Gasteiger partial charge in [-0.25, -0.2) is 0 Å². The number of ether oxygens (including phenoxy) is 1. The van der Waals surface area contributed by atoms with E-state index >= 15 is 0 Å². The molecule has 2 heterocycles. The van der Waals surface area contributed by atoms with Gasteiger partial charge >= 0.3 is 0 Å². The third-order valence-electron chi connectivity index (χ3n) is 5.64. The average Bonchev–Trinajstić information content (AvgIpc) is 2.71. The van der Waals surface area contributed by atoms with Crippen LogP contribution in [0.2, 0.25) is 5.02 Å². The van der Waals surface area contributed by atoms with Crippen LogP contribution in [0.4, 0.5) is 0 Å². The Balaban J connectivity index is 1.18. The van der Waals surface area contributed by atoms with Crippen LogP contribution in [0, 0.1) is 0 Å². The van der Waals surface area contributed by atoms with Crippen LogP contribution in [0.1, 0.15) is 31.2 Å². The lowest BCUT2D eigenvalue weighted by atomic mass is 10.0. The summed E-state index contributed by atoms with van der Waals surface area (Å²) in [6.07, 6.45) is 6.90. The molecule has 2 saturated heterocycles. The minimum atomic E-state index is -0.143. The van der Waals surface area contributed by atoms with E-state index in [9.17, 15) is 4.79 Å². The molecular weight excluding hydrogens is 409 g/mol. The van der Waals surface area contributed by atoms with E-state index in [4.69, 9.17) is 27.9 Å². The van der Waals surface area contributed by atoms with Crippen molar-refractivity contribution >= 4 is 29.1 Å². The number of nitrogens with one attached hydrogen (secondary N) is 2. The molecule has 2 N–H and O–H groups in total. The Morgan fingerprint density at radius 2 is 2.00 bits per heavy atom. The SMILES string of the molecule is O=C(CC1CNC2=CC(Cl)CC=C2O1)NC1CCN(Cc2ccc(Cl)cc2)CC1. The van der Waals surface area contributed by atoms with Crippen molar-refractivity contribution in [2.24, 2.45) is 0 Å². The van der Waals surface area contributed by atoms with E-state index in [1.165, 1.54) is 5.56 Å². The van der Waals surface area contributed by atoms with E-state index in [1.54, 1.807) is 0 Å². The topological polar surface area (TPSA) is 53.6 Å². The fourth-order valence-corrected chi connectivity index (χ4v) is 4.39. The largest absolute Gasteiger partial charge is 0.486 e. The predicted octanol–water partition coefficient (Wildman–Crippen LogP) is 3.58. The maximum Gasteiger partial charge on any atom is 0.224 e. The number of morpholine rings is 1. The van der Waals surface area contributed by atoms with Crippen molar-refractivity contribution in [3.63, 3.8) is 0 Å². The van der Waals surface area contributed by atoms with Gasteiger partial charge in [0, 0.05) is 30.7 Å². The van der Waals surface area contributed by atoms with Crippen LogP contribution in [-0.4, -0.2) is 48.0 Å². The van der Waals surface area contributed by atoms with Crippen molar-refractivity contribution in [3.8, 4) is 0 Å². The summed E-state index contributed by atoms with van der Waals surface area (Å²) in [5.41, 5.74) is 2.21. The molecule has 0 aromatic heterocycles. The summed E-state index contributed by atoms with van der Waals surface area (Å²) in [5.74, 6) is 0.883. The molecule has 1 aromatic rings. The number of carbonyl (C=O) groups excluding carboxylic acids is 1. The van der Waals surface area contributed by atoms with Gasteiger partial charge in [-0.2, -0.15) is 0 Å². The molecule has 1 aromatic carbocycles. The van der Waals surface area contributed by atoms with Gasteiger partial charge in [-0.1, -0.05) is 23.7 Å². The second-order valence-corrected chi connectivity index (χ2v) is 8.97. The number of carbonyl (C=O) groups is 1. The summed E-state index contributed by atoms with van der Waals surface area (Å²) in [4.78, 5) is 14.9. The number of nitrogens with zero attached hydrogens (tertiary/aromatic N) is 1. The summed E-state index contributed by atoms with van der Waals surface area (Å²) >= 11 is 12.1. The Kier molecular flexibility index (Phi) is 6.68. The number of alkyl halides is 1. The normalized spacial score (nSPS) is 25.2. The van der Waals surface area contributed by atoms with Crippen LogP contribution in [0.3, 0.4) is 0 Å². The highest BCUT2D eigenvalue weighted by Crippen LogP contribution is 2.26. The average molecular weight is 436 g/mol. The van der Waals surface area contributed by atoms with Crippen LogP contribution >= 0.6 is 23.2 Å². The van der Waals surface area contributed by atoms with Crippen molar-refractivity contribution in [2.45, 2.75) is 49.8 Å². The van der Waals surface area contributed by atoms with Gasteiger partial charge < -0.3 is 15.4 Å². The molecule has 1 amide bonds. The number of likely N-dealkylation sites (tertiary alicyclic amines) is 1. The van der Waals surface area contributed by atoms with Crippen molar-refractivity contribution in [1.29, 1.82) is 0 Å². The van der Waals surface area contributed by atoms with Gasteiger partial charge in [0.05, 0.1) is 24.0 Å². The Morgan fingerprint density at radius 1 is 1.24 bits per heavy atom. The highest BCUT2D eigenvalue weighted by atomic mass is 35.5. The smallest absolute Gasteiger partial charge is 0.224 e.